The Balaban J connectivity index is 2.19. The first-order valence-electron chi connectivity index (χ1n) is 8.36. The SMILES string of the molecule is COC(=O)c1ccccc1Nc1cc(C(F)(F)F)c2cc(OC)c(OC)cc2n1. The third kappa shape index (κ3) is 4.03. The fourth-order valence-electron chi connectivity index (χ4n) is 2.87. The number of hydrogen-bond donors (Lipinski definition) is 1. The maximum Gasteiger partial charge on any atom is 0.417 e. The highest BCUT2D eigenvalue weighted by Crippen LogP contribution is 2.40. The lowest BCUT2D eigenvalue weighted by Gasteiger charge is -2.16. The van der Waals surface area contributed by atoms with E-state index in [1.165, 1.54) is 39.5 Å². The van der Waals surface area contributed by atoms with Crippen molar-refractivity contribution in [1.29, 1.82) is 0 Å². The topological polar surface area (TPSA) is 69.7 Å². The molecule has 1 heterocycles. The van der Waals surface area contributed by atoms with Crippen molar-refractivity contribution in [3.8, 4) is 11.5 Å². The van der Waals surface area contributed by atoms with Gasteiger partial charge in [-0.05, 0) is 24.3 Å². The van der Waals surface area contributed by atoms with Gasteiger partial charge in [-0.2, -0.15) is 13.2 Å². The molecule has 0 aliphatic rings. The number of ether oxygens (including phenoxy) is 3. The van der Waals surface area contributed by atoms with Gasteiger partial charge in [-0.1, -0.05) is 12.1 Å². The molecule has 0 atom stereocenters. The minimum atomic E-state index is -4.64. The number of nitrogens with zero attached hydrogens (tertiary/aromatic N) is 1. The minimum Gasteiger partial charge on any atom is -0.493 e. The number of aromatic nitrogens is 1. The zero-order chi connectivity index (χ0) is 21.2. The molecule has 9 heteroatoms. The molecule has 0 spiro atoms. The van der Waals surface area contributed by atoms with E-state index >= 15 is 0 Å². The molecule has 2 aromatic carbocycles. The van der Waals surface area contributed by atoms with Crippen molar-refractivity contribution in [2.24, 2.45) is 0 Å². The van der Waals surface area contributed by atoms with Crippen molar-refractivity contribution < 1.29 is 32.2 Å². The van der Waals surface area contributed by atoms with Gasteiger partial charge in [-0.15, -0.1) is 0 Å². The average molecular weight is 406 g/mol. The van der Waals surface area contributed by atoms with Crippen LogP contribution in [0, 0.1) is 0 Å². The van der Waals surface area contributed by atoms with Crippen LogP contribution in [0.25, 0.3) is 10.9 Å². The highest BCUT2D eigenvalue weighted by atomic mass is 19.4. The zero-order valence-electron chi connectivity index (χ0n) is 15.8. The maximum absolute atomic E-state index is 13.7. The Labute approximate surface area is 164 Å². The van der Waals surface area contributed by atoms with Crippen molar-refractivity contribution in [3.05, 3.63) is 53.6 Å². The lowest BCUT2D eigenvalue weighted by molar-refractivity contribution is -0.136. The number of halogens is 3. The lowest BCUT2D eigenvalue weighted by atomic mass is 10.1. The first kappa shape index (κ1) is 20.2. The Morgan fingerprint density at radius 1 is 1.00 bits per heavy atom. The molecular weight excluding hydrogens is 389 g/mol. The van der Waals surface area contributed by atoms with Crippen LogP contribution in [0.5, 0.6) is 11.5 Å². The van der Waals surface area contributed by atoms with Crippen molar-refractivity contribution in [2.45, 2.75) is 6.18 Å². The van der Waals surface area contributed by atoms with E-state index in [0.717, 1.165) is 6.07 Å². The van der Waals surface area contributed by atoms with Gasteiger partial charge in [0.2, 0.25) is 0 Å². The summed E-state index contributed by atoms with van der Waals surface area (Å²) in [4.78, 5) is 16.2. The van der Waals surface area contributed by atoms with Crippen LogP contribution in [0.1, 0.15) is 15.9 Å². The lowest BCUT2D eigenvalue weighted by Crippen LogP contribution is -2.10. The van der Waals surface area contributed by atoms with Crippen LogP contribution in [0.2, 0.25) is 0 Å². The van der Waals surface area contributed by atoms with Crippen molar-refractivity contribution in [2.75, 3.05) is 26.6 Å². The first-order valence-corrected chi connectivity index (χ1v) is 8.36. The number of para-hydroxylation sites is 1. The molecule has 3 aromatic rings. The predicted molar refractivity (Wildman–Crippen MR) is 101 cm³/mol. The molecule has 0 aliphatic carbocycles. The summed E-state index contributed by atoms with van der Waals surface area (Å²) < 4.78 is 56.1. The highest BCUT2D eigenvalue weighted by Gasteiger charge is 2.34. The molecule has 1 aromatic heterocycles. The van der Waals surface area contributed by atoms with E-state index < -0.39 is 17.7 Å². The van der Waals surface area contributed by atoms with E-state index in [-0.39, 0.29) is 39.5 Å². The van der Waals surface area contributed by atoms with Crippen molar-refractivity contribution in [1.82, 2.24) is 4.98 Å². The number of carbonyl (C=O) groups excluding carboxylic acids is 1. The van der Waals surface area contributed by atoms with Crippen LogP contribution in [0.15, 0.2) is 42.5 Å². The fourth-order valence-corrected chi connectivity index (χ4v) is 2.87. The molecule has 152 valence electrons. The standard InChI is InChI=1S/C20H17F3N2O4/c1-27-16-8-12-13(20(21,22)23)9-18(25-15(12)10-17(16)28-2)24-14-7-5-4-6-11(14)19(26)29-3/h4-10H,1-3H3,(H,24,25). The van der Waals surface area contributed by atoms with Crippen LogP contribution in [-0.2, 0) is 10.9 Å². The van der Waals surface area contributed by atoms with E-state index in [1.54, 1.807) is 18.2 Å². The van der Waals surface area contributed by atoms with Crippen LogP contribution in [0.4, 0.5) is 24.7 Å². The largest absolute Gasteiger partial charge is 0.493 e. The molecule has 0 unspecified atom stereocenters. The number of methoxy groups -OCH3 is 3. The summed E-state index contributed by atoms with van der Waals surface area (Å²) >= 11 is 0. The van der Waals surface area contributed by atoms with Crippen molar-refractivity contribution in [3.63, 3.8) is 0 Å². The number of benzene rings is 2. The Bertz CT molecular complexity index is 1070. The molecule has 0 amide bonds. The van der Waals surface area contributed by atoms with Crippen LogP contribution in [0.3, 0.4) is 0 Å². The summed E-state index contributed by atoms with van der Waals surface area (Å²) in [7, 11) is 3.93. The smallest absolute Gasteiger partial charge is 0.417 e. The van der Waals surface area contributed by atoms with Gasteiger partial charge in [-0.3, -0.25) is 0 Å². The molecule has 1 N–H and O–H groups in total. The average Bonchev–Trinajstić information content (AvgIpc) is 2.71. The van der Waals surface area contributed by atoms with E-state index in [4.69, 9.17) is 14.2 Å². The van der Waals surface area contributed by atoms with Gasteiger partial charge in [0, 0.05) is 11.5 Å². The number of hydrogen-bond acceptors (Lipinski definition) is 6. The van der Waals surface area contributed by atoms with E-state index in [0.29, 0.717) is 0 Å². The van der Waals surface area contributed by atoms with Crippen LogP contribution >= 0.6 is 0 Å². The van der Waals surface area contributed by atoms with Crippen molar-refractivity contribution >= 4 is 28.4 Å². The first-order chi connectivity index (χ1) is 13.8. The van der Waals surface area contributed by atoms with Gasteiger partial charge >= 0.3 is 12.1 Å². The molecular formula is C20H17F3N2O4. The molecule has 0 aliphatic heterocycles. The predicted octanol–water partition coefficient (Wildman–Crippen LogP) is 4.80. The Morgan fingerprint density at radius 2 is 1.66 bits per heavy atom. The summed E-state index contributed by atoms with van der Waals surface area (Å²) in [5, 5.41) is 2.64. The number of fused-ring (bicyclic) bond motifs is 1. The third-order valence-corrected chi connectivity index (χ3v) is 4.21. The molecule has 0 saturated heterocycles. The number of rotatable bonds is 5. The molecule has 0 fully saturated rings. The third-order valence-electron chi connectivity index (χ3n) is 4.21. The van der Waals surface area contributed by atoms with Gasteiger partial charge in [0.25, 0.3) is 0 Å². The quantitative estimate of drug-likeness (QED) is 0.614. The van der Waals surface area contributed by atoms with E-state index in [2.05, 4.69) is 10.3 Å². The Hall–Kier alpha value is -3.49. The second-order valence-electron chi connectivity index (χ2n) is 5.94. The second-order valence-corrected chi connectivity index (χ2v) is 5.94. The Morgan fingerprint density at radius 3 is 2.28 bits per heavy atom. The number of anilines is 2. The van der Waals surface area contributed by atoms with Gasteiger partial charge in [0.15, 0.2) is 11.5 Å². The highest BCUT2D eigenvalue weighted by molar-refractivity contribution is 5.96. The summed E-state index contributed by atoms with van der Waals surface area (Å²) in [6.07, 6.45) is -4.64. The van der Waals surface area contributed by atoms with Crippen LogP contribution in [-0.4, -0.2) is 32.3 Å². The normalized spacial score (nSPS) is 11.2. The Kier molecular flexibility index (Phi) is 5.49. The number of pyridine rings is 1. The monoisotopic (exact) mass is 406 g/mol. The summed E-state index contributed by atoms with van der Waals surface area (Å²) in [5.74, 6) is -0.318. The second kappa shape index (κ2) is 7.86. The number of esters is 1. The van der Waals surface area contributed by atoms with E-state index in [9.17, 15) is 18.0 Å². The fraction of sp³-hybridized carbons (Fsp3) is 0.200. The van der Waals surface area contributed by atoms with Gasteiger partial charge in [0.1, 0.15) is 5.82 Å². The van der Waals surface area contributed by atoms with Crippen LogP contribution < -0.4 is 14.8 Å². The van der Waals surface area contributed by atoms with Gasteiger partial charge < -0.3 is 19.5 Å². The number of alkyl halides is 3. The minimum absolute atomic E-state index is 0.0514. The zero-order valence-corrected chi connectivity index (χ0v) is 15.8. The molecule has 6 nitrogen and oxygen atoms in total. The van der Waals surface area contributed by atoms with Gasteiger partial charge in [0.05, 0.1) is 43.7 Å². The molecule has 3 rings (SSSR count). The number of carbonyl (C=O) groups is 1. The maximum atomic E-state index is 13.7. The summed E-state index contributed by atoms with van der Waals surface area (Å²) in [6.45, 7) is 0. The molecule has 0 saturated carbocycles. The number of nitrogens with one attached hydrogen (secondary N) is 1. The van der Waals surface area contributed by atoms with E-state index in [1.807, 2.05) is 0 Å². The molecule has 0 bridgehead atoms. The van der Waals surface area contributed by atoms with Gasteiger partial charge in [-0.25, -0.2) is 9.78 Å². The summed E-state index contributed by atoms with van der Waals surface area (Å²) in [5.41, 5.74) is -0.422. The summed E-state index contributed by atoms with van der Waals surface area (Å²) in [6, 6.07) is 9.75. The molecule has 29 heavy (non-hydrogen) atoms. The molecule has 0 radical (unpaired) electrons.